The van der Waals surface area contributed by atoms with Gasteiger partial charge < -0.3 is 5.11 Å². The lowest BCUT2D eigenvalue weighted by Gasteiger charge is -1.88. The fourth-order valence-corrected chi connectivity index (χ4v) is 0.581. The van der Waals surface area contributed by atoms with Crippen molar-refractivity contribution < 1.29 is 9.90 Å². The van der Waals surface area contributed by atoms with Crippen LogP contribution in [0.2, 0.25) is 0 Å². The Kier molecular flexibility index (Phi) is 5.42. The summed E-state index contributed by atoms with van der Waals surface area (Å²) < 4.78 is 4.31. The molecule has 0 amide bonds. The standard InChI is InChI=1S/C7H6O2.BrH2N/c8-7(9)6-4-2-1-3-5-6;1-2/h1-5H,(H,8,9);2H2. The van der Waals surface area contributed by atoms with Crippen LogP contribution in [-0.4, -0.2) is 11.1 Å². The van der Waals surface area contributed by atoms with Crippen LogP contribution >= 0.6 is 16.1 Å². The highest BCUT2D eigenvalue weighted by atomic mass is 79.9. The second-order valence-corrected chi connectivity index (χ2v) is 1.67. The lowest BCUT2D eigenvalue weighted by Crippen LogP contribution is -1.93. The average molecular weight is 218 g/mol. The fourth-order valence-electron chi connectivity index (χ4n) is 0.581. The molecule has 0 radical (unpaired) electrons. The van der Waals surface area contributed by atoms with Gasteiger partial charge in [0.1, 0.15) is 0 Å². The maximum absolute atomic E-state index is 10.2. The summed E-state index contributed by atoms with van der Waals surface area (Å²) in [7, 11) is 0. The highest BCUT2D eigenvalue weighted by molar-refractivity contribution is 9.07. The van der Waals surface area contributed by atoms with E-state index in [-0.39, 0.29) is 0 Å². The van der Waals surface area contributed by atoms with Crippen molar-refractivity contribution in [1.82, 2.24) is 0 Å². The zero-order valence-electron chi connectivity index (χ0n) is 5.70. The third-order valence-corrected chi connectivity index (χ3v) is 1.02. The van der Waals surface area contributed by atoms with Gasteiger partial charge in [-0.2, -0.15) is 0 Å². The molecule has 0 spiro atoms. The summed E-state index contributed by atoms with van der Waals surface area (Å²) in [5, 5.41) is 8.38. The van der Waals surface area contributed by atoms with Gasteiger partial charge in [-0.3, -0.25) is 4.76 Å². The fraction of sp³-hybridized carbons (Fsp3) is 0. The van der Waals surface area contributed by atoms with Crippen molar-refractivity contribution in [3.8, 4) is 0 Å². The number of carboxylic acid groups (broad SMARTS) is 1. The Morgan fingerprint density at radius 1 is 1.27 bits per heavy atom. The van der Waals surface area contributed by atoms with Crippen molar-refractivity contribution in [2.45, 2.75) is 0 Å². The van der Waals surface area contributed by atoms with Crippen LogP contribution in [0.4, 0.5) is 0 Å². The van der Waals surface area contributed by atoms with Crippen molar-refractivity contribution in [1.29, 1.82) is 0 Å². The topological polar surface area (TPSA) is 63.3 Å². The van der Waals surface area contributed by atoms with Crippen LogP contribution in [0.1, 0.15) is 10.4 Å². The predicted molar refractivity (Wildman–Crippen MR) is 46.5 cm³/mol. The molecular weight excluding hydrogens is 210 g/mol. The number of hydrogen-bond acceptors (Lipinski definition) is 2. The SMILES string of the molecule is NBr.O=C(O)c1ccccc1. The number of carbonyl (C=O) groups is 1. The summed E-state index contributed by atoms with van der Waals surface area (Å²) in [6.45, 7) is 0. The van der Waals surface area contributed by atoms with Gasteiger partial charge in [-0.15, -0.1) is 0 Å². The van der Waals surface area contributed by atoms with E-state index in [1.165, 1.54) is 0 Å². The molecule has 0 heterocycles. The minimum absolute atomic E-state index is 0.331. The van der Waals surface area contributed by atoms with E-state index in [4.69, 9.17) is 5.11 Å². The lowest BCUT2D eigenvalue weighted by molar-refractivity contribution is 0.0697. The predicted octanol–water partition coefficient (Wildman–Crippen LogP) is 1.64. The van der Waals surface area contributed by atoms with E-state index in [2.05, 4.69) is 20.9 Å². The Hall–Kier alpha value is -0.870. The Bertz CT molecular complexity index is 213. The van der Waals surface area contributed by atoms with E-state index in [1.807, 2.05) is 0 Å². The molecule has 1 rings (SSSR count). The first-order valence-electron chi connectivity index (χ1n) is 2.81. The van der Waals surface area contributed by atoms with Crippen LogP contribution in [0, 0.1) is 0 Å². The van der Waals surface area contributed by atoms with E-state index < -0.39 is 5.97 Å². The van der Waals surface area contributed by atoms with Gasteiger partial charge in [-0.1, -0.05) is 18.2 Å². The average Bonchev–Trinajstić information content (AvgIpc) is 2.10. The first kappa shape index (κ1) is 10.1. The zero-order chi connectivity index (χ0) is 8.69. The third kappa shape index (κ3) is 3.75. The van der Waals surface area contributed by atoms with Crippen molar-refractivity contribution >= 4 is 22.1 Å². The molecular formula is C7H8BrNO2. The maximum Gasteiger partial charge on any atom is 0.335 e. The largest absolute Gasteiger partial charge is 0.478 e. The van der Waals surface area contributed by atoms with Gasteiger partial charge in [0, 0.05) is 16.1 Å². The van der Waals surface area contributed by atoms with Crippen molar-refractivity contribution in [2.75, 3.05) is 0 Å². The first-order chi connectivity index (χ1) is 5.30. The Morgan fingerprint density at radius 3 is 2.00 bits per heavy atom. The molecule has 11 heavy (non-hydrogen) atoms. The van der Waals surface area contributed by atoms with Gasteiger partial charge in [0.15, 0.2) is 0 Å². The number of nitrogens with two attached hydrogens (primary N) is 1. The van der Waals surface area contributed by atoms with Crippen molar-refractivity contribution in [3.05, 3.63) is 35.9 Å². The monoisotopic (exact) mass is 217 g/mol. The van der Waals surface area contributed by atoms with E-state index in [1.54, 1.807) is 30.3 Å². The van der Waals surface area contributed by atoms with Crippen LogP contribution in [0.3, 0.4) is 0 Å². The molecule has 0 aliphatic carbocycles. The van der Waals surface area contributed by atoms with E-state index in [0.29, 0.717) is 5.56 Å². The molecule has 1 aromatic carbocycles. The van der Waals surface area contributed by atoms with Gasteiger partial charge in [0.25, 0.3) is 0 Å². The number of rotatable bonds is 1. The molecule has 1 aromatic rings. The van der Waals surface area contributed by atoms with Crippen LogP contribution in [0.15, 0.2) is 30.3 Å². The second-order valence-electron chi connectivity index (χ2n) is 1.67. The molecule has 0 fully saturated rings. The summed E-state index contributed by atoms with van der Waals surface area (Å²) in [5.41, 5.74) is 0.331. The normalized spacial score (nSPS) is 7.82. The van der Waals surface area contributed by atoms with Crippen LogP contribution in [0.5, 0.6) is 0 Å². The van der Waals surface area contributed by atoms with E-state index >= 15 is 0 Å². The zero-order valence-corrected chi connectivity index (χ0v) is 7.28. The highest BCUT2D eigenvalue weighted by Gasteiger charge is 1.96. The molecule has 0 bridgehead atoms. The minimum atomic E-state index is -0.879. The molecule has 3 N–H and O–H groups in total. The number of carboxylic acids is 1. The Balaban J connectivity index is 0.000000461. The van der Waals surface area contributed by atoms with Crippen LogP contribution in [-0.2, 0) is 0 Å². The summed E-state index contributed by atoms with van der Waals surface area (Å²) in [6.07, 6.45) is 0. The molecule has 0 atom stereocenters. The van der Waals surface area contributed by atoms with Crippen LogP contribution < -0.4 is 4.76 Å². The van der Waals surface area contributed by atoms with E-state index in [0.717, 1.165) is 0 Å². The Labute approximate surface area is 73.2 Å². The first-order valence-corrected chi connectivity index (χ1v) is 3.72. The van der Waals surface area contributed by atoms with Crippen molar-refractivity contribution in [2.24, 2.45) is 4.76 Å². The smallest absolute Gasteiger partial charge is 0.335 e. The number of hydrogen-bond donors (Lipinski definition) is 2. The molecule has 0 saturated heterocycles. The number of halogens is 1. The lowest BCUT2D eigenvalue weighted by atomic mass is 10.2. The van der Waals surface area contributed by atoms with Crippen LogP contribution in [0.25, 0.3) is 0 Å². The third-order valence-electron chi connectivity index (χ3n) is 1.02. The van der Waals surface area contributed by atoms with Gasteiger partial charge in [-0.25, -0.2) is 4.79 Å². The second kappa shape index (κ2) is 5.88. The summed E-state index contributed by atoms with van der Waals surface area (Å²) in [4.78, 5) is 10.2. The molecule has 0 unspecified atom stereocenters. The maximum atomic E-state index is 10.2. The molecule has 3 nitrogen and oxygen atoms in total. The van der Waals surface area contributed by atoms with Gasteiger partial charge >= 0.3 is 5.97 Å². The van der Waals surface area contributed by atoms with E-state index in [9.17, 15) is 4.79 Å². The van der Waals surface area contributed by atoms with Gasteiger partial charge in [-0.05, 0) is 12.1 Å². The summed E-state index contributed by atoms with van der Waals surface area (Å²) in [6, 6.07) is 8.30. The molecule has 0 aliphatic rings. The number of aromatic carboxylic acids is 1. The Morgan fingerprint density at radius 2 is 1.73 bits per heavy atom. The summed E-state index contributed by atoms with van der Waals surface area (Å²) >= 11 is 2.44. The highest BCUT2D eigenvalue weighted by Crippen LogP contribution is 1.96. The molecule has 60 valence electrons. The molecule has 0 aliphatic heterocycles. The number of benzene rings is 1. The van der Waals surface area contributed by atoms with Gasteiger partial charge in [0.2, 0.25) is 0 Å². The molecule has 4 heteroatoms. The molecule has 0 aromatic heterocycles. The minimum Gasteiger partial charge on any atom is -0.478 e. The van der Waals surface area contributed by atoms with Crippen molar-refractivity contribution in [3.63, 3.8) is 0 Å². The quantitative estimate of drug-likeness (QED) is 0.704. The molecule has 0 saturated carbocycles. The van der Waals surface area contributed by atoms with Gasteiger partial charge in [0.05, 0.1) is 5.56 Å². The summed E-state index contributed by atoms with van der Waals surface area (Å²) in [5.74, 6) is -0.879.